The first-order valence-corrected chi connectivity index (χ1v) is 6.00. The summed E-state index contributed by atoms with van der Waals surface area (Å²) in [6.45, 7) is 1.92. The maximum absolute atomic E-state index is 8.57. The van der Waals surface area contributed by atoms with Crippen LogP contribution in [0.3, 0.4) is 0 Å². The first-order valence-electron chi connectivity index (χ1n) is 5.62. The molecule has 0 atom stereocenters. The Labute approximate surface area is 116 Å². The van der Waals surface area contributed by atoms with Crippen molar-refractivity contribution < 1.29 is 9.94 Å². The van der Waals surface area contributed by atoms with E-state index in [1.807, 2.05) is 19.1 Å². The highest BCUT2D eigenvalue weighted by atomic mass is 35.5. The van der Waals surface area contributed by atoms with Gasteiger partial charge >= 0.3 is 0 Å². The molecule has 0 aromatic heterocycles. The molecule has 0 aliphatic carbocycles. The molecule has 3 N–H and O–H groups in total. The van der Waals surface area contributed by atoms with Gasteiger partial charge in [-0.2, -0.15) is 0 Å². The number of amidine groups is 1. The van der Waals surface area contributed by atoms with Gasteiger partial charge in [0.25, 0.3) is 0 Å². The maximum Gasteiger partial charge on any atom is 0.170 e. The molecule has 2 aromatic rings. The monoisotopic (exact) mass is 276 g/mol. The number of halogens is 1. The highest BCUT2D eigenvalue weighted by Gasteiger charge is 2.03. The first kappa shape index (κ1) is 13.2. The fraction of sp³-hybridized carbons (Fsp3) is 0.0714. The summed E-state index contributed by atoms with van der Waals surface area (Å²) >= 11 is 5.89. The highest BCUT2D eigenvalue weighted by molar-refractivity contribution is 6.30. The van der Waals surface area contributed by atoms with Crippen molar-refractivity contribution in [2.24, 2.45) is 10.9 Å². The Kier molecular flexibility index (Phi) is 3.92. The second-order valence-electron chi connectivity index (χ2n) is 4.02. The van der Waals surface area contributed by atoms with Gasteiger partial charge in [-0.25, -0.2) is 0 Å². The zero-order valence-electron chi connectivity index (χ0n) is 10.3. The smallest absolute Gasteiger partial charge is 0.170 e. The molecular weight excluding hydrogens is 264 g/mol. The van der Waals surface area contributed by atoms with Crippen molar-refractivity contribution in [1.82, 2.24) is 0 Å². The summed E-state index contributed by atoms with van der Waals surface area (Å²) in [6.07, 6.45) is 0. The lowest BCUT2D eigenvalue weighted by molar-refractivity contribution is 0.318. The van der Waals surface area contributed by atoms with Crippen LogP contribution in [-0.2, 0) is 0 Å². The van der Waals surface area contributed by atoms with Crippen LogP contribution in [0.2, 0.25) is 5.02 Å². The molecular formula is C14H13ClN2O2. The summed E-state index contributed by atoms with van der Waals surface area (Å²) in [7, 11) is 0. The highest BCUT2D eigenvalue weighted by Crippen LogP contribution is 2.27. The number of hydrogen-bond donors (Lipinski definition) is 2. The molecule has 0 spiro atoms. The molecule has 5 heteroatoms. The summed E-state index contributed by atoms with van der Waals surface area (Å²) in [4.78, 5) is 0. The number of benzene rings is 2. The van der Waals surface area contributed by atoms with Gasteiger partial charge in [-0.15, -0.1) is 0 Å². The van der Waals surface area contributed by atoms with Gasteiger partial charge in [0, 0.05) is 10.6 Å². The molecule has 0 radical (unpaired) electrons. The predicted molar refractivity (Wildman–Crippen MR) is 75.2 cm³/mol. The van der Waals surface area contributed by atoms with Crippen molar-refractivity contribution in [1.29, 1.82) is 0 Å². The number of rotatable bonds is 3. The summed E-state index contributed by atoms with van der Waals surface area (Å²) < 4.78 is 5.73. The van der Waals surface area contributed by atoms with Gasteiger partial charge in [0.2, 0.25) is 0 Å². The van der Waals surface area contributed by atoms with Crippen molar-refractivity contribution in [2.75, 3.05) is 0 Å². The van der Waals surface area contributed by atoms with Gasteiger partial charge in [-0.05, 0) is 55.0 Å². The van der Waals surface area contributed by atoms with E-state index >= 15 is 0 Å². The molecule has 0 aliphatic rings. The molecule has 0 bridgehead atoms. The van der Waals surface area contributed by atoms with Crippen LogP contribution < -0.4 is 10.5 Å². The van der Waals surface area contributed by atoms with E-state index in [2.05, 4.69) is 5.16 Å². The molecule has 19 heavy (non-hydrogen) atoms. The molecule has 0 saturated heterocycles. The van der Waals surface area contributed by atoms with Crippen LogP contribution in [0.1, 0.15) is 11.1 Å². The number of nitrogens with zero attached hydrogens (tertiary/aromatic N) is 1. The molecule has 0 heterocycles. The Hall–Kier alpha value is -2.20. The van der Waals surface area contributed by atoms with E-state index in [0.29, 0.717) is 16.3 Å². The zero-order valence-corrected chi connectivity index (χ0v) is 11.1. The quantitative estimate of drug-likeness (QED) is 0.390. The minimum absolute atomic E-state index is 0.0641. The van der Waals surface area contributed by atoms with Gasteiger partial charge in [0.1, 0.15) is 11.5 Å². The van der Waals surface area contributed by atoms with E-state index in [1.54, 1.807) is 30.3 Å². The van der Waals surface area contributed by atoms with Crippen molar-refractivity contribution in [3.05, 3.63) is 58.6 Å². The third-order valence-corrected chi connectivity index (χ3v) is 2.86. The van der Waals surface area contributed by atoms with E-state index in [0.717, 1.165) is 11.3 Å². The minimum Gasteiger partial charge on any atom is -0.457 e. The Morgan fingerprint density at radius 3 is 2.47 bits per heavy atom. The summed E-state index contributed by atoms with van der Waals surface area (Å²) in [5.41, 5.74) is 7.06. The van der Waals surface area contributed by atoms with E-state index in [4.69, 9.17) is 27.3 Å². The van der Waals surface area contributed by atoms with Crippen LogP contribution in [0.15, 0.2) is 47.6 Å². The van der Waals surface area contributed by atoms with Crippen molar-refractivity contribution in [3.8, 4) is 11.5 Å². The van der Waals surface area contributed by atoms with Gasteiger partial charge in [-0.3, -0.25) is 0 Å². The lowest BCUT2D eigenvalue weighted by Crippen LogP contribution is -2.12. The molecule has 0 aliphatic heterocycles. The number of hydrogen-bond acceptors (Lipinski definition) is 3. The third-order valence-electron chi connectivity index (χ3n) is 2.62. The molecule has 0 unspecified atom stereocenters. The van der Waals surface area contributed by atoms with Gasteiger partial charge in [0.15, 0.2) is 5.84 Å². The third kappa shape index (κ3) is 3.17. The number of nitrogens with two attached hydrogens (primary N) is 1. The zero-order chi connectivity index (χ0) is 13.8. The van der Waals surface area contributed by atoms with Gasteiger partial charge < -0.3 is 15.7 Å². The molecule has 0 saturated carbocycles. The molecule has 98 valence electrons. The van der Waals surface area contributed by atoms with Crippen molar-refractivity contribution in [3.63, 3.8) is 0 Å². The predicted octanol–water partition coefficient (Wildman–Crippen LogP) is 3.54. The van der Waals surface area contributed by atoms with Gasteiger partial charge in [-0.1, -0.05) is 16.8 Å². The van der Waals surface area contributed by atoms with Crippen LogP contribution >= 0.6 is 11.6 Å². The van der Waals surface area contributed by atoms with Crippen LogP contribution in [0.5, 0.6) is 11.5 Å². The Bertz CT molecular complexity index is 609. The van der Waals surface area contributed by atoms with Crippen LogP contribution in [-0.4, -0.2) is 11.0 Å². The number of aryl methyl sites for hydroxylation is 1. The summed E-state index contributed by atoms with van der Waals surface area (Å²) in [6, 6.07) is 12.4. The lowest BCUT2D eigenvalue weighted by atomic mass is 10.2. The first-order chi connectivity index (χ1) is 9.10. The largest absolute Gasteiger partial charge is 0.457 e. The number of ether oxygens (including phenoxy) is 1. The minimum atomic E-state index is 0.0641. The number of oxime groups is 1. The molecule has 2 rings (SSSR count). The standard InChI is InChI=1S/C14H13ClN2O2/c1-9-8-11(15)4-7-13(9)19-12-5-2-10(3-6-12)14(16)17-18/h2-8,18H,1H3,(H2,16,17). The van der Waals surface area contributed by atoms with Crippen LogP contribution in [0, 0.1) is 6.92 Å². The normalized spacial score (nSPS) is 11.4. The average molecular weight is 277 g/mol. The van der Waals surface area contributed by atoms with E-state index in [1.165, 1.54) is 0 Å². The van der Waals surface area contributed by atoms with E-state index in [9.17, 15) is 0 Å². The summed E-state index contributed by atoms with van der Waals surface area (Å²) in [5, 5.41) is 12.2. The van der Waals surface area contributed by atoms with Crippen molar-refractivity contribution in [2.45, 2.75) is 6.92 Å². The van der Waals surface area contributed by atoms with Gasteiger partial charge in [0.05, 0.1) is 0 Å². The molecule has 0 amide bonds. The Morgan fingerprint density at radius 2 is 1.89 bits per heavy atom. The fourth-order valence-electron chi connectivity index (χ4n) is 1.61. The van der Waals surface area contributed by atoms with Crippen molar-refractivity contribution >= 4 is 17.4 Å². The van der Waals surface area contributed by atoms with Crippen LogP contribution in [0.25, 0.3) is 0 Å². The topological polar surface area (TPSA) is 67.8 Å². The molecule has 0 fully saturated rings. The molecule has 4 nitrogen and oxygen atoms in total. The fourth-order valence-corrected chi connectivity index (χ4v) is 1.83. The van der Waals surface area contributed by atoms with E-state index < -0.39 is 0 Å². The second-order valence-corrected chi connectivity index (χ2v) is 4.46. The Balaban J connectivity index is 2.20. The second kappa shape index (κ2) is 5.63. The maximum atomic E-state index is 8.57. The van der Waals surface area contributed by atoms with E-state index in [-0.39, 0.29) is 5.84 Å². The Morgan fingerprint density at radius 1 is 1.21 bits per heavy atom. The lowest BCUT2D eigenvalue weighted by Gasteiger charge is -2.09. The van der Waals surface area contributed by atoms with Crippen LogP contribution in [0.4, 0.5) is 0 Å². The SMILES string of the molecule is Cc1cc(Cl)ccc1Oc1ccc(/C(N)=N/O)cc1. The average Bonchev–Trinajstić information content (AvgIpc) is 2.42. The summed E-state index contributed by atoms with van der Waals surface area (Å²) in [5.74, 6) is 1.47. The molecule has 2 aromatic carbocycles.